The molecule has 2 nitrogen and oxygen atoms in total. The first-order valence-corrected chi connectivity index (χ1v) is 6.33. The molecule has 0 atom stereocenters. The van der Waals surface area contributed by atoms with Crippen LogP contribution >= 0.6 is 0 Å². The smallest absolute Gasteiger partial charge is 0.275 e. The summed E-state index contributed by atoms with van der Waals surface area (Å²) in [6.07, 6.45) is 6.76. The van der Waals surface area contributed by atoms with Gasteiger partial charge in [0.25, 0.3) is 5.84 Å². The molecule has 0 aromatic heterocycles. The summed E-state index contributed by atoms with van der Waals surface area (Å²) in [7, 11) is 0. The lowest BCUT2D eigenvalue weighted by Crippen LogP contribution is -2.33. The average Bonchev–Trinajstić information content (AvgIpc) is 2.69. The van der Waals surface area contributed by atoms with Crippen molar-refractivity contribution >= 4 is 5.84 Å². The van der Waals surface area contributed by atoms with Crippen LogP contribution in [-0.4, -0.2) is 16.5 Å². The highest BCUT2D eigenvalue weighted by atomic mass is 15.1. The van der Waals surface area contributed by atoms with Crippen LogP contribution in [0.1, 0.15) is 43.2 Å². The van der Waals surface area contributed by atoms with Gasteiger partial charge in [-0.05, 0) is 31.7 Å². The van der Waals surface area contributed by atoms with Crippen LogP contribution in [0, 0.1) is 0 Å². The van der Waals surface area contributed by atoms with Crippen molar-refractivity contribution in [1.29, 1.82) is 0 Å². The number of hydrogen-bond donors (Lipinski definition) is 1. The Balaban J connectivity index is 1.91. The highest BCUT2D eigenvalue weighted by molar-refractivity contribution is 5.96. The third-order valence-corrected chi connectivity index (χ3v) is 3.96. The van der Waals surface area contributed by atoms with E-state index in [4.69, 9.17) is 5.73 Å². The van der Waals surface area contributed by atoms with Crippen molar-refractivity contribution in [3.63, 3.8) is 0 Å². The third kappa shape index (κ3) is 1.53. The molecule has 1 aliphatic carbocycles. The van der Waals surface area contributed by atoms with Crippen molar-refractivity contribution in [2.24, 2.45) is 5.73 Å². The molecule has 0 saturated heterocycles. The van der Waals surface area contributed by atoms with Crippen LogP contribution in [0.5, 0.6) is 0 Å². The van der Waals surface area contributed by atoms with E-state index < -0.39 is 0 Å². The summed E-state index contributed by atoms with van der Waals surface area (Å²) in [5.74, 6) is 1.00. The van der Waals surface area contributed by atoms with Gasteiger partial charge in [0, 0.05) is 5.56 Å². The van der Waals surface area contributed by atoms with Gasteiger partial charge in [0.15, 0.2) is 0 Å². The van der Waals surface area contributed by atoms with Gasteiger partial charge in [0.2, 0.25) is 0 Å². The predicted octanol–water partition coefficient (Wildman–Crippen LogP) is 2.25. The van der Waals surface area contributed by atoms with Crippen molar-refractivity contribution in [2.75, 3.05) is 0 Å². The normalized spacial score (nSPS) is 21.2. The van der Waals surface area contributed by atoms with Crippen LogP contribution in [0.15, 0.2) is 24.3 Å². The minimum absolute atomic E-state index is 0.682. The van der Waals surface area contributed by atoms with E-state index in [0.29, 0.717) is 6.04 Å². The van der Waals surface area contributed by atoms with Gasteiger partial charge >= 0.3 is 0 Å². The number of fused-ring (bicyclic) bond motifs is 1. The molecule has 0 bridgehead atoms. The lowest BCUT2D eigenvalue weighted by Gasteiger charge is -2.21. The Hall–Kier alpha value is -1.31. The highest BCUT2D eigenvalue weighted by Gasteiger charge is 2.30. The molecule has 0 unspecified atom stereocenters. The molecule has 1 saturated carbocycles. The monoisotopic (exact) mass is 215 g/mol. The fourth-order valence-electron chi connectivity index (χ4n) is 3.05. The SMILES string of the molecule is NC1=[N+](C2CCCCC2)Cc2ccccc21. The van der Waals surface area contributed by atoms with Crippen LogP contribution in [0.4, 0.5) is 0 Å². The van der Waals surface area contributed by atoms with Crippen LogP contribution in [0.25, 0.3) is 0 Å². The summed E-state index contributed by atoms with van der Waals surface area (Å²) in [6.45, 7) is 1.02. The Morgan fingerprint density at radius 1 is 1.06 bits per heavy atom. The Kier molecular flexibility index (Phi) is 2.43. The summed E-state index contributed by atoms with van der Waals surface area (Å²) in [6, 6.07) is 9.21. The molecule has 1 aromatic carbocycles. The van der Waals surface area contributed by atoms with Crippen molar-refractivity contribution < 1.29 is 4.58 Å². The van der Waals surface area contributed by atoms with E-state index in [-0.39, 0.29) is 0 Å². The fourth-order valence-corrected chi connectivity index (χ4v) is 3.05. The molecule has 1 aromatic rings. The van der Waals surface area contributed by atoms with E-state index >= 15 is 0 Å². The summed E-state index contributed by atoms with van der Waals surface area (Å²) >= 11 is 0. The molecule has 1 heterocycles. The van der Waals surface area contributed by atoms with E-state index in [9.17, 15) is 0 Å². The lowest BCUT2D eigenvalue weighted by molar-refractivity contribution is -0.581. The number of nitrogens with two attached hydrogens (primary N) is 1. The molecule has 3 rings (SSSR count). The Morgan fingerprint density at radius 2 is 1.81 bits per heavy atom. The van der Waals surface area contributed by atoms with Crippen molar-refractivity contribution in [3.8, 4) is 0 Å². The summed E-state index contributed by atoms with van der Waals surface area (Å²) in [5, 5.41) is 0. The van der Waals surface area contributed by atoms with Crippen LogP contribution in [0.2, 0.25) is 0 Å². The Labute approximate surface area is 96.8 Å². The second-order valence-corrected chi connectivity index (χ2v) is 4.96. The van der Waals surface area contributed by atoms with Gasteiger partial charge in [-0.25, -0.2) is 0 Å². The molecule has 84 valence electrons. The first-order valence-electron chi connectivity index (χ1n) is 6.33. The maximum atomic E-state index is 6.26. The van der Waals surface area contributed by atoms with Crippen LogP contribution < -0.4 is 5.73 Å². The molecule has 0 amide bonds. The molecule has 16 heavy (non-hydrogen) atoms. The standard InChI is InChI=1S/C14H18N2/c15-14-13-9-5-4-6-11(13)10-16(14)12-7-2-1-3-8-12/h4-6,9,12,15H,1-3,7-8,10H2/p+1. The average molecular weight is 215 g/mol. The van der Waals surface area contributed by atoms with Crippen LogP contribution in [0.3, 0.4) is 0 Å². The minimum Gasteiger partial charge on any atom is -0.287 e. The van der Waals surface area contributed by atoms with E-state index in [1.165, 1.54) is 43.2 Å². The van der Waals surface area contributed by atoms with Crippen molar-refractivity contribution in [3.05, 3.63) is 35.4 Å². The summed E-state index contributed by atoms with van der Waals surface area (Å²) in [4.78, 5) is 0. The number of amidine groups is 1. The molecule has 2 aliphatic rings. The van der Waals surface area contributed by atoms with Crippen molar-refractivity contribution in [1.82, 2.24) is 0 Å². The number of hydrogen-bond acceptors (Lipinski definition) is 1. The van der Waals surface area contributed by atoms with Gasteiger partial charge in [-0.15, -0.1) is 0 Å². The number of nitrogens with zero attached hydrogens (tertiary/aromatic N) is 1. The first-order chi connectivity index (χ1) is 7.86. The van der Waals surface area contributed by atoms with Gasteiger partial charge in [0.1, 0.15) is 6.54 Å². The van der Waals surface area contributed by atoms with Crippen molar-refractivity contribution in [2.45, 2.75) is 44.7 Å². The Bertz CT molecular complexity index is 428. The van der Waals surface area contributed by atoms with Gasteiger partial charge in [-0.1, -0.05) is 24.6 Å². The lowest BCUT2D eigenvalue weighted by atomic mass is 9.95. The molecule has 2 N–H and O–H groups in total. The van der Waals surface area contributed by atoms with E-state index in [1.54, 1.807) is 0 Å². The van der Waals surface area contributed by atoms with Gasteiger partial charge < -0.3 is 0 Å². The predicted molar refractivity (Wildman–Crippen MR) is 65.6 cm³/mol. The topological polar surface area (TPSA) is 29.0 Å². The molecule has 0 spiro atoms. The van der Waals surface area contributed by atoms with Gasteiger partial charge in [-0.3, -0.25) is 10.3 Å². The molecular formula is C14H19N2+. The van der Waals surface area contributed by atoms with E-state index in [2.05, 4.69) is 28.8 Å². The maximum Gasteiger partial charge on any atom is 0.275 e. The zero-order valence-electron chi connectivity index (χ0n) is 9.65. The first kappa shape index (κ1) is 9.88. The molecule has 1 aliphatic heterocycles. The van der Waals surface area contributed by atoms with Gasteiger partial charge in [-0.2, -0.15) is 0 Å². The quantitative estimate of drug-likeness (QED) is 0.715. The van der Waals surface area contributed by atoms with Gasteiger partial charge in [0.05, 0.1) is 11.6 Å². The highest BCUT2D eigenvalue weighted by Crippen LogP contribution is 2.25. The zero-order chi connectivity index (χ0) is 11.0. The zero-order valence-corrected chi connectivity index (χ0v) is 9.65. The number of benzene rings is 1. The summed E-state index contributed by atoms with van der Waals surface area (Å²) < 4.78 is 2.42. The van der Waals surface area contributed by atoms with E-state index in [1.807, 2.05) is 0 Å². The molecular weight excluding hydrogens is 196 g/mol. The Morgan fingerprint density at radius 3 is 2.56 bits per heavy atom. The molecule has 1 fully saturated rings. The fraction of sp³-hybridized carbons (Fsp3) is 0.500. The maximum absolute atomic E-state index is 6.26. The molecule has 0 radical (unpaired) electrons. The minimum atomic E-state index is 0.682. The second kappa shape index (κ2) is 3.93. The third-order valence-electron chi connectivity index (χ3n) is 3.96. The summed E-state index contributed by atoms with van der Waals surface area (Å²) in [5.41, 5.74) is 8.92. The van der Waals surface area contributed by atoms with E-state index in [0.717, 1.165) is 12.4 Å². The second-order valence-electron chi connectivity index (χ2n) is 4.96. The largest absolute Gasteiger partial charge is 0.287 e. The number of rotatable bonds is 1. The molecule has 2 heteroatoms. The van der Waals surface area contributed by atoms with Crippen LogP contribution in [-0.2, 0) is 6.54 Å².